The second-order valence-corrected chi connectivity index (χ2v) is 14.2. The van der Waals surface area contributed by atoms with Gasteiger partial charge in [0, 0.05) is 34.3 Å². The molecule has 0 amide bonds. The van der Waals surface area contributed by atoms with Crippen LogP contribution in [-0.2, 0) is 29.1 Å². The summed E-state index contributed by atoms with van der Waals surface area (Å²) in [4.78, 5) is 23.2. The van der Waals surface area contributed by atoms with Gasteiger partial charge in [0.05, 0.1) is 0 Å². The Labute approximate surface area is 304 Å². The molecule has 0 spiro atoms. The molecular weight excluding hydrogens is 650 g/mol. The summed E-state index contributed by atoms with van der Waals surface area (Å²) in [6, 6.07) is 0. The van der Waals surface area contributed by atoms with Crippen LogP contribution in [0.2, 0.25) is 0 Å². The van der Waals surface area contributed by atoms with E-state index in [0.717, 1.165) is 77.0 Å². The maximum absolute atomic E-state index is 11.6. The third-order valence-corrected chi connectivity index (χ3v) is 10.7. The van der Waals surface area contributed by atoms with Crippen molar-refractivity contribution in [1.29, 1.82) is 0 Å². The van der Waals surface area contributed by atoms with E-state index in [2.05, 4.69) is 53.0 Å². The van der Waals surface area contributed by atoms with Gasteiger partial charge in [0.2, 0.25) is 0 Å². The van der Waals surface area contributed by atoms with Crippen molar-refractivity contribution in [3.63, 3.8) is 0 Å². The molecule has 0 saturated heterocycles. The molecule has 0 saturated carbocycles. The zero-order chi connectivity index (χ0) is 33.4. The molecule has 0 aliphatic carbocycles. The molecule has 0 aliphatic rings. The van der Waals surface area contributed by atoms with E-state index in [-0.39, 0.29) is 19.5 Å². The van der Waals surface area contributed by atoms with E-state index in [1.54, 1.807) is 0 Å². The van der Waals surface area contributed by atoms with E-state index >= 15 is 0 Å². The Morgan fingerprint density at radius 3 is 0.733 bits per heavy atom. The molecule has 4 nitrogen and oxygen atoms in total. The van der Waals surface area contributed by atoms with Crippen LogP contribution in [0.5, 0.6) is 0 Å². The third-order valence-electron chi connectivity index (χ3n) is 9.51. The molecule has 264 valence electrons. The van der Waals surface area contributed by atoms with Crippen LogP contribution in [0.25, 0.3) is 0 Å². The third kappa shape index (κ3) is 26.9. The summed E-state index contributed by atoms with van der Waals surface area (Å²) in [5.74, 6) is -0.937. The van der Waals surface area contributed by atoms with Crippen LogP contribution < -0.4 is 10.2 Å². The summed E-state index contributed by atoms with van der Waals surface area (Å²) in [5, 5.41) is 23.2. The Balaban J connectivity index is -0.000000767. The van der Waals surface area contributed by atoms with Gasteiger partial charge in [0.25, 0.3) is 0 Å². The first-order valence-electron chi connectivity index (χ1n) is 18.9. The standard InChI is InChI=1S/2C19H38O2S.Zn/c2*1-3-5-7-9-11-13-15-19(17-22,18(20)21)16-14-12-10-8-6-4-2;/h2*22H,3-17H2,1-2H3,(H,20,21);/q;;+2/p-2. The molecule has 0 N–H and O–H groups in total. The van der Waals surface area contributed by atoms with E-state index in [0.29, 0.717) is 11.5 Å². The van der Waals surface area contributed by atoms with Crippen LogP contribution in [0.3, 0.4) is 0 Å². The maximum atomic E-state index is 11.6. The zero-order valence-corrected chi connectivity index (χ0v) is 35.2. The first-order valence-corrected chi connectivity index (χ1v) is 20.2. The van der Waals surface area contributed by atoms with Crippen LogP contribution in [0, 0.1) is 10.8 Å². The van der Waals surface area contributed by atoms with Gasteiger partial charge in [-0.25, -0.2) is 0 Å². The molecular formula is C38H74O4S2Zn. The monoisotopic (exact) mass is 722 g/mol. The molecule has 45 heavy (non-hydrogen) atoms. The second-order valence-electron chi connectivity index (χ2n) is 13.5. The van der Waals surface area contributed by atoms with Crippen molar-refractivity contribution in [3.05, 3.63) is 0 Å². The summed E-state index contributed by atoms with van der Waals surface area (Å²) >= 11 is 8.67. The number of hydrogen-bond donors (Lipinski definition) is 2. The number of thiol groups is 2. The van der Waals surface area contributed by atoms with Gasteiger partial charge in [-0.3, -0.25) is 0 Å². The van der Waals surface area contributed by atoms with Gasteiger partial charge in [-0.1, -0.05) is 182 Å². The number of unbranched alkanes of at least 4 members (excludes halogenated alkanes) is 20. The van der Waals surface area contributed by atoms with Gasteiger partial charge in [0.15, 0.2) is 0 Å². The van der Waals surface area contributed by atoms with E-state index in [1.165, 1.54) is 103 Å². The minimum Gasteiger partial charge on any atom is -0.550 e. The van der Waals surface area contributed by atoms with Gasteiger partial charge in [0.1, 0.15) is 0 Å². The molecule has 0 aliphatic heterocycles. The minimum absolute atomic E-state index is 0. The van der Waals surface area contributed by atoms with Crippen molar-refractivity contribution >= 4 is 37.2 Å². The van der Waals surface area contributed by atoms with Crippen molar-refractivity contribution in [2.75, 3.05) is 11.5 Å². The predicted octanol–water partition coefficient (Wildman–Crippen LogP) is 10.3. The Kier molecular flexibility index (Phi) is 39.2. The smallest absolute Gasteiger partial charge is 0.550 e. The maximum Gasteiger partial charge on any atom is 2.00 e. The van der Waals surface area contributed by atoms with Gasteiger partial charge in [-0.15, -0.1) is 0 Å². The molecule has 0 unspecified atom stereocenters. The normalized spacial score (nSPS) is 11.5. The van der Waals surface area contributed by atoms with E-state index in [9.17, 15) is 19.8 Å². The molecule has 0 aromatic heterocycles. The number of carboxylic acids is 2. The van der Waals surface area contributed by atoms with Crippen molar-refractivity contribution in [2.24, 2.45) is 10.8 Å². The number of carbonyl (C=O) groups excluding carboxylic acids is 2. The fourth-order valence-electron chi connectivity index (χ4n) is 6.08. The molecule has 0 aromatic rings. The Bertz CT molecular complexity index is 561. The Hall–Kier alpha value is 0.263. The van der Waals surface area contributed by atoms with Crippen LogP contribution in [0.1, 0.15) is 207 Å². The predicted molar refractivity (Wildman–Crippen MR) is 195 cm³/mol. The summed E-state index contributed by atoms with van der Waals surface area (Å²) in [6.45, 7) is 8.84. The summed E-state index contributed by atoms with van der Waals surface area (Å²) in [5.41, 5.74) is -1.39. The average molecular weight is 725 g/mol. The molecule has 0 bridgehead atoms. The molecule has 0 aromatic carbocycles. The van der Waals surface area contributed by atoms with Gasteiger partial charge >= 0.3 is 19.5 Å². The summed E-state index contributed by atoms with van der Waals surface area (Å²) in [7, 11) is 0. The number of carboxylic acid groups (broad SMARTS) is 2. The van der Waals surface area contributed by atoms with Crippen LogP contribution in [-0.4, -0.2) is 23.4 Å². The zero-order valence-electron chi connectivity index (χ0n) is 30.4. The van der Waals surface area contributed by atoms with E-state index in [4.69, 9.17) is 0 Å². The number of hydrogen-bond acceptors (Lipinski definition) is 6. The summed E-state index contributed by atoms with van der Waals surface area (Å²) < 4.78 is 0. The number of rotatable bonds is 32. The largest absolute Gasteiger partial charge is 2.00 e. The Morgan fingerprint density at radius 2 is 0.578 bits per heavy atom. The quantitative estimate of drug-likeness (QED) is 0.0411. The van der Waals surface area contributed by atoms with Gasteiger partial charge in [-0.05, 0) is 25.7 Å². The topological polar surface area (TPSA) is 80.3 Å². The number of carbonyl (C=O) groups is 2. The van der Waals surface area contributed by atoms with Crippen molar-refractivity contribution < 1.29 is 39.3 Å². The SMILES string of the molecule is CCCCCCCCC(CS)(CCCCCCCC)C(=O)[O-].CCCCCCCCC(CS)(CCCCCCCC)C(=O)[O-].[Zn+2]. The molecule has 0 radical (unpaired) electrons. The van der Waals surface area contributed by atoms with E-state index in [1.807, 2.05) is 0 Å². The molecule has 0 rings (SSSR count). The van der Waals surface area contributed by atoms with Gasteiger partial charge < -0.3 is 19.8 Å². The average Bonchev–Trinajstić information content (AvgIpc) is 3.02. The van der Waals surface area contributed by atoms with Crippen molar-refractivity contribution in [1.82, 2.24) is 0 Å². The number of aliphatic carboxylic acids is 2. The molecule has 0 heterocycles. The fourth-order valence-corrected chi connectivity index (χ4v) is 6.97. The van der Waals surface area contributed by atoms with Crippen LogP contribution in [0.4, 0.5) is 0 Å². The minimum atomic E-state index is -0.885. The first kappa shape index (κ1) is 49.6. The van der Waals surface area contributed by atoms with E-state index < -0.39 is 22.8 Å². The molecule has 0 fully saturated rings. The van der Waals surface area contributed by atoms with Crippen LogP contribution in [0.15, 0.2) is 0 Å². The van der Waals surface area contributed by atoms with Crippen molar-refractivity contribution in [2.45, 2.75) is 207 Å². The second kappa shape index (κ2) is 35.6. The Morgan fingerprint density at radius 1 is 0.400 bits per heavy atom. The first-order chi connectivity index (χ1) is 21.3. The van der Waals surface area contributed by atoms with Crippen LogP contribution >= 0.6 is 25.3 Å². The molecule has 0 atom stereocenters. The summed E-state index contributed by atoms with van der Waals surface area (Å²) in [6.07, 6.45) is 31.6. The molecule has 7 heteroatoms. The van der Waals surface area contributed by atoms with Gasteiger partial charge in [-0.2, -0.15) is 25.3 Å². The van der Waals surface area contributed by atoms with Crippen molar-refractivity contribution in [3.8, 4) is 0 Å². The fraction of sp³-hybridized carbons (Fsp3) is 0.947.